The van der Waals surface area contributed by atoms with Gasteiger partial charge in [0, 0.05) is 24.2 Å². The van der Waals surface area contributed by atoms with Gasteiger partial charge in [0.1, 0.15) is 34.2 Å². The molecule has 6 aliphatic carbocycles. The Morgan fingerprint density at radius 2 is 0.735 bits per heavy atom. The minimum absolute atomic E-state index is 0. The van der Waals surface area contributed by atoms with Crippen LogP contribution < -0.4 is 34.4 Å². The molecule has 542 valence electrons. The lowest BCUT2D eigenvalue weighted by atomic mass is 9.82. The molecule has 6 aromatic carbocycles. The highest BCUT2D eigenvalue weighted by Gasteiger charge is 2.53. The number of carboxylic acid groups (broad SMARTS) is 12. The Bertz CT molecular complexity index is 4150. The van der Waals surface area contributed by atoms with Crippen LogP contribution in [0.15, 0.2) is 146 Å². The maximum atomic E-state index is 11.4. The van der Waals surface area contributed by atoms with E-state index in [0.717, 1.165) is 27.8 Å². The highest BCUT2D eigenvalue weighted by molar-refractivity contribution is 5.90. The Hall–Kier alpha value is -11.3. The van der Waals surface area contributed by atoms with E-state index < -0.39 is 141 Å². The zero-order valence-corrected chi connectivity index (χ0v) is 53.7. The van der Waals surface area contributed by atoms with Gasteiger partial charge >= 0.3 is 71.6 Å². The standard InChI is InChI=1S/C13H15NO4.3C12H13NO4.2C11H11NO4.CH4/c14-12(13(17)18)11-8(6-10(15)16)5-7-3-1-2-4-9(7)11;13-12(11(16)17)6-7(5-10(14)15)8-3-1-2-4-9(8)12;13-12(11(16)17)8(6-10(14)15)5-7-3-1-2-4-9(7)12;13-10(12(16)17)8-5-9(11(14)15)7-4-2-1-3-6(7)8;2*12-11(10(15)16)5-7(9(13)14)6-3-1-2-4-8(6)11;/h1-4,8,11-12H,5-6,14H2,(H,15,16)(H,17,18);1-4,7H,5-6,13H2,(H,14,15)(H,16,17);1-4,8H,5-6,13H2,(H,14,15)(H,16,17);1-4,8-10H,5,13H2,(H,14,15)(H,16,17);2*1-4,7H,5,12H2,(H,13,14)(H,15,16);1H4/t;;;;7-,11+;7-,11-;/m....00./s1. The summed E-state index contributed by atoms with van der Waals surface area (Å²) in [7, 11) is 0. The number of benzene rings is 6. The van der Waals surface area contributed by atoms with Gasteiger partial charge in [0.2, 0.25) is 0 Å². The van der Waals surface area contributed by atoms with E-state index in [1.807, 2.05) is 24.3 Å². The molecule has 102 heavy (non-hydrogen) atoms. The van der Waals surface area contributed by atoms with Gasteiger partial charge in [-0.05, 0) is 117 Å². The summed E-state index contributed by atoms with van der Waals surface area (Å²) in [4.78, 5) is 132. The van der Waals surface area contributed by atoms with E-state index in [-0.39, 0.29) is 64.2 Å². The number of fused-ring (bicyclic) bond motifs is 6. The lowest BCUT2D eigenvalue weighted by molar-refractivity contribution is -0.148. The van der Waals surface area contributed by atoms with Crippen LogP contribution >= 0.6 is 0 Å². The predicted molar refractivity (Wildman–Crippen MR) is 360 cm³/mol. The first-order valence-electron chi connectivity index (χ1n) is 31.3. The van der Waals surface area contributed by atoms with Crippen LogP contribution in [0.25, 0.3) is 0 Å². The molecular formula is C72H80N6O24. The zero-order chi connectivity index (χ0) is 75.0. The maximum absolute atomic E-state index is 11.4. The van der Waals surface area contributed by atoms with E-state index in [9.17, 15) is 67.7 Å². The van der Waals surface area contributed by atoms with Gasteiger partial charge in [-0.2, -0.15) is 0 Å². The van der Waals surface area contributed by atoms with Crippen LogP contribution in [0.5, 0.6) is 0 Å². The second-order valence-electron chi connectivity index (χ2n) is 25.5. The topological polar surface area (TPSA) is 604 Å². The van der Waals surface area contributed by atoms with Gasteiger partial charge in [0.25, 0.3) is 0 Å². The molecule has 30 heteroatoms. The molecule has 6 aromatic rings. The fourth-order valence-corrected chi connectivity index (χ4v) is 14.5. The summed E-state index contributed by atoms with van der Waals surface area (Å²) in [6.45, 7) is 0. The molecular weight excluding hydrogens is 1330 g/mol. The maximum Gasteiger partial charge on any atom is 0.328 e. The fraction of sp³-hybridized carbons (Fsp3) is 0.333. The number of nitrogens with two attached hydrogens (primary N) is 6. The van der Waals surface area contributed by atoms with Gasteiger partial charge < -0.3 is 95.7 Å². The minimum Gasteiger partial charge on any atom is -0.481 e. The third-order valence-electron chi connectivity index (χ3n) is 19.4. The monoisotopic (exact) mass is 1410 g/mol. The summed E-state index contributed by atoms with van der Waals surface area (Å²) in [5, 5.41) is 108. The van der Waals surface area contributed by atoms with Crippen molar-refractivity contribution in [2.75, 3.05) is 0 Å². The van der Waals surface area contributed by atoms with Crippen molar-refractivity contribution < 1.29 is 119 Å². The van der Waals surface area contributed by atoms with E-state index in [2.05, 4.69) is 0 Å². The Morgan fingerprint density at radius 3 is 1.15 bits per heavy atom. The van der Waals surface area contributed by atoms with Gasteiger partial charge in [0.15, 0.2) is 0 Å². The summed E-state index contributed by atoms with van der Waals surface area (Å²) in [5.41, 5.74) is 36.2. The van der Waals surface area contributed by atoms with Crippen molar-refractivity contribution in [1.29, 1.82) is 0 Å². The highest BCUT2D eigenvalue weighted by atomic mass is 16.4. The van der Waals surface area contributed by atoms with Crippen LogP contribution in [0, 0.1) is 11.8 Å². The molecule has 12 rings (SSSR count). The van der Waals surface area contributed by atoms with Crippen LogP contribution in [0.2, 0.25) is 0 Å². The van der Waals surface area contributed by atoms with Crippen LogP contribution in [-0.2, 0) is 92.5 Å². The first-order valence-corrected chi connectivity index (χ1v) is 31.3. The molecule has 0 fully saturated rings. The average molecular weight is 1410 g/mol. The number of hydrogen-bond donors (Lipinski definition) is 18. The van der Waals surface area contributed by atoms with Crippen LogP contribution in [0.4, 0.5) is 0 Å². The molecule has 0 saturated carbocycles. The lowest BCUT2D eigenvalue weighted by Crippen LogP contribution is -2.49. The first kappa shape index (κ1) is 79.7. The van der Waals surface area contributed by atoms with Gasteiger partial charge in [0.05, 0.1) is 30.6 Å². The molecule has 10 unspecified atom stereocenters. The Labute approximate surface area is 581 Å². The molecule has 0 radical (unpaired) electrons. The highest BCUT2D eigenvalue weighted by Crippen LogP contribution is 2.48. The summed E-state index contributed by atoms with van der Waals surface area (Å²) in [6.07, 6.45) is 0.768. The van der Waals surface area contributed by atoms with Crippen LogP contribution in [0.3, 0.4) is 0 Å². The smallest absolute Gasteiger partial charge is 0.328 e. The van der Waals surface area contributed by atoms with Gasteiger partial charge in [-0.3, -0.25) is 38.4 Å². The van der Waals surface area contributed by atoms with Crippen molar-refractivity contribution in [3.05, 3.63) is 212 Å². The van der Waals surface area contributed by atoms with Crippen LogP contribution in [0.1, 0.15) is 155 Å². The zero-order valence-electron chi connectivity index (χ0n) is 53.7. The van der Waals surface area contributed by atoms with Gasteiger partial charge in [-0.25, -0.2) is 19.2 Å². The molecule has 0 spiro atoms. The molecule has 0 aliphatic heterocycles. The third kappa shape index (κ3) is 16.4. The van der Waals surface area contributed by atoms with Gasteiger partial charge in [-0.1, -0.05) is 153 Å². The largest absolute Gasteiger partial charge is 0.481 e. The predicted octanol–water partition coefficient (Wildman–Crippen LogP) is 4.67. The van der Waals surface area contributed by atoms with E-state index in [0.29, 0.717) is 51.8 Å². The number of aliphatic carboxylic acids is 12. The van der Waals surface area contributed by atoms with Crippen LogP contribution in [-0.4, -0.2) is 145 Å². The SMILES string of the molecule is C.NC(C(=O)O)C1CC(C(=O)O)c2ccccc21.NC(C(=O)O)C1c2ccccc2CC1CC(=O)O.NC1(C(=O)O)CC(CC(=O)O)c2ccccc21.NC1(C(=O)O)c2ccccc2CC1CC(=O)O.N[C@@]1(C(=O)O)C[C@H](C(=O)O)c2ccccc21.N[C@]1(C(=O)O)C[C@H](C(=O)O)c2ccccc21. The van der Waals surface area contributed by atoms with Crippen molar-refractivity contribution in [1.82, 2.24) is 0 Å². The molecule has 0 bridgehead atoms. The summed E-state index contributed by atoms with van der Waals surface area (Å²) >= 11 is 0. The molecule has 6 aliphatic rings. The minimum atomic E-state index is -1.59. The average Bonchev–Trinajstić information content (AvgIpc) is 1.62. The normalized spacial score (nSPS) is 25.6. The number of carbonyl (C=O) groups is 12. The second kappa shape index (κ2) is 32.4. The second-order valence-corrected chi connectivity index (χ2v) is 25.5. The summed E-state index contributed by atoms with van der Waals surface area (Å²) in [5.74, 6) is -17.1. The first-order chi connectivity index (χ1) is 47.4. The van der Waals surface area contributed by atoms with Crippen molar-refractivity contribution in [2.24, 2.45) is 46.2 Å². The van der Waals surface area contributed by atoms with Crippen molar-refractivity contribution >= 4 is 71.6 Å². The molecule has 0 amide bonds. The van der Waals surface area contributed by atoms with E-state index in [1.54, 1.807) is 121 Å². The summed E-state index contributed by atoms with van der Waals surface area (Å²) < 4.78 is 0. The van der Waals surface area contributed by atoms with Gasteiger partial charge in [-0.15, -0.1) is 0 Å². The van der Waals surface area contributed by atoms with E-state index in [1.165, 1.54) is 0 Å². The van der Waals surface area contributed by atoms with Crippen molar-refractivity contribution in [3.63, 3.8) is 0 Å². The summed E-state index contributed by atoms with van der Waals surface area (Å²) in [6, 6.07) is 39.2. The Morgan fingerprint density at radius 1 is 0.373 bits per heavy atom. The molecule has 14 atom stereocenters. The lowest BCUT2D eigenvalue weighted by Gasteiger charge is -2.26. The fourth-order valence-electron chi connectivity index (χ4n) is 14.5. The molecule has 0 aromatic heterocycles. The van der Waals surface area contributed by atoms with E-state index >= 15 is 0 Å². The Balaban J connectivity index is 0.000000192. The molecule has 30 nitrogen and oxygen atoms in total. The van der Waals surface area contributed by atoms with Crippen molar-refractivity contribution in [3.8, 4) is 0 Å². The third-order valence-corrected chi connectivity index (χ3v) is 19.4. The molecule has 0 saturated heterocycles. The van der Waals surface area contributed by atoms with E-state index in [4.69, 9.17) is 85.5 Å². The van der Waals surface area contributed by atoms with Crippen molar-refractivity contribution in [2.45, 2.75) is 135 Å². The quantitative estimate of drug-likeness (QED) is 0.0589. The number of rotatable bonds is 17. The Kier molecular flexibility index (Phi) is 25.3. The number of carboxylic acids is 12. The molecule has 24 N–H and O–H groups in total. The molecule has 0 heterocycles. The number of hydrogen-bond acceptors (Lipinski definition) is 18.